The Hall–Kier alpha value is -1.85. The molecule has 2 aliphatic rings. The minimum absolute atomic E-state index is 0.0741. The quantitative estimate of drug-likeness (QED) is 0.865. The van der Waals surface area contributed by atoms with Gasteiger partial charge in [0.1, 0.15) is 0 Å². The van der Waals surface area contributed by atoms with Crippen LogP contribution in [0.5, 0.6) is 0 Å². The van der Waals surface area contributed by atoms with Crippen LogP contribution in [0, 0.1) is 5.92 Å². The minimum atomic E-state index is 0.0741. The molecule has 1 fully saturated rings. The number of carbonyl (C=O) groups is 2. The van der Waals surface area contributed by atoms with Gasteiger partial charge in [-0.15, -0.1) is 0 Å². The molecule has 1 N–H and O–H groups in total. The molecule has 6 heteroatoms. The highest BCUT2D eigenvalue weighted by Gasteiger charge is 2.25. The largest absolute Gasteiger partial charge is 0.353 e. The number of amides is 2. The molecule has 2 amide bonds. The summed E-state index contributed by atoms with van der Waals surface area (Å²) in [5.74, 6) is 0.428. The summed E-state index contributed by atoms with van der Waals surface area (Å²) < 4.78 is 2.01. The van der Waals surface area contributed by atoms with Crippen molar-refractivity contribution in [3.05, 3.63) is 17.5 Å². The molecule has 2 heterocycles. The van der Waals surface area contributed by atoms with Crippen molar-refractivity contribution >= 4 is 11.8 Å². The Balaban J connectivity index is 1.59. The van der Waals surface area contributed by atoms with Gasteiger partial charge in [0, 0.05) is 37.9 Å². The lowest BCUT2D eigenvalue weighted by atomic mass is 10.1. The smallest absolute Gasteiger partial charge is 0.225 e. The second-order valence-electron chi connectivity index (χ2n) is 7.11. The zero-order chi connectivity index (χ0) is 17.1. The molecule has 1 aliphatic heterocycles. The van der Waals surface area contributed by atoms with Crippen LogP contribution in [-0.4, -0.2) is 39.1 Å². The molecule has 1 aromatic heterocycles. The van der Waals surface area contributed by atoms with E-state index >= 15 is 0 Å². The van der Waals surface area contributed by atoms with E-state index in [0.717, 1.165) is 50.2 Å². The third-order valence-electron chi connectivity index (χ3n) is 4.96. The number of aromatic nitrogens is 2. The van der Waals surface area contributed by atoms with Crippen molar-refractivity contribution in [3.8, 4) is 0 Å². The summed E-state index contributed by atoms with van der Waals surface area (Å²) in [6.45, 7) is 6.31. The molecule has 0 unspecified atom stereocenters. The summed E-state index contributed by atoms with van der Waals surface area (Å²) >= 11 is 0. The molecule has 0 radical (unpaired) electrons. The minimum Gasteiger partial charge on any atom is -0.353 e. The van der Waals surface area contributed by atoms with Crippen LogP contribution >= 0.6 is 0 Å². The molecule has 6 nitrogen and oxygen atoms in total. The first-order valence-electron chi connectivity index (χ1n) is 9.20. The number of nitrogens with zero attached hydrogens (tertiary/aromatic N) is 3. The maximum absolute atomic E-state index is 12.5. The van der Waals surface area contributed by atoms with Crippen LogP contribution in [0.25, 0.3) is 0 Å². The summed E-state index contributed by atoms with van der Waals surface area (Å²) in [5, 5.41) is 7.65. The molecule has 0 saturated heterocycles. The topological polar surface area (TPSA) is 67.2 Å². The number of carbonyl (C=O) groups excluding carboxylic acids is 2. The van der Waals surface area contributed by atoms with E-state index in [2.05, 4.69) is 23.4 Å². The van der Waals surface area contributed by atoms with Crippen molar-refractivity contribution in [2.75, 3.05) is 6.54 Å². The maximum atomic E-state index is 12.5. The van der Waals surface area contributed by atoms with E-state index in [1.807, 2.05) is 16.5 Å². The molecule has 3 rings (SSSR count). The molecule has 24 heavy (non-hydrogen) atoms. The first-order valence-corrected chi connectivity index (χ1v) is 9.20. The zero-order valence-electron chi connectivity index (χ0n) is 14.8. The van der Waals surface area contributed by atoms with E-state index in [9.17, 15) is 9.59 Å². The lowest BCUT2D eigenvalue weighted by Crippen LogP contribution is -2.34. The first-order chi connectivity index (χ1) is 11.6. The Bertz CT molecular complexity index is 606. The fourth-order valence-electron chi connectivity index (χ4n) is 3.09. The molecule has 1 atom stereocenters. The number of aryl methyl sites for hydroxylation is 2. The average molecular weight is 332 g/mol. The van der Waals surface area contributed by atoms with Gasteiger partial charge in [-0.25, -0.2) is 0 Å². The highest BCUT2D eigenvalue weighted by molar-refractivity contribution is 5.78. The number of hydrogen-bond donors (Lipinski definition) is 1. The zero-order valence-corrected chi connectivity index (χ0v) is 14.8. The van der Waals surface area contributed by atoms with Gasteiger partial charge >= 0.3 is 0 Å². The van der Waals surface area contributed by atoms with Crippen molar-refractivity contribution in [3.63, 3.8) is 0 Å². The standard InChI is InChI=1S/C18H28N4O2/c1-3-13(2)18(24)21-9-4-10-22-16(12-21)11-15(20-22)7-8-17(23)19-14-5-6-14/h11,13-14H,3-10,12H2,1-2H3,(H,19,23)/t13-/m0/s1. The van der Waals surface area contributed by atoms with Crippen molar-refractivity contribution in [1.82, 2.24) is 20.0 Å². The van der Waals surface area contributed by atoms with Crippen LogP contribution in [0.15, 0.2) is 6.07 Å². The van der Waals surface area contributed by atoms with E-state index in [1.54, 1.807) is 0 Å². The van der Waals surface area contributed by atoms with Gasteiger partial charge in [-0.3, -0.25) is 14.3 Å². The lowest BCUT2D eigenvalue weighted by molar-refractivity contribution is -0.135. The maximum Gasteiger partial charge on any atom is 0.225 e. The monoisotopic (exact) mass is 332 g/mol. The van der Waals surface area contributed by atoms with Gasteiger partial charge in [0.2, 0.25) is 11.8 Å². The van der Waals surface area contributed by atoms with Gasteiger partial charge < -0.3 is 10.2 Å². The predicted molar refractivity (Wildman–Crippen MR) is 91.2 cm³/mol. The van der Waals surface area contributed by atoms with Crippen LogP contribution in [0.3, 0.4) is 0 Å². The van der Waals surface area contributed by atoms with Crippen LogP contribution < -0.4 is 5.32 Å². The Morgan fingerprint density at radius 3 is 2.88 bits per heavy atom. The van der Waals surface area contributed by atoms with Gasteiger partial charge in [0.25, 0.3) is 0 Å². The Kier molecular flexibility index (Phi) is 5.21. The summed E-state index contributed by atoms with van der Waals surface area (Å²) in [4.78, 5) is 26.2. The normalized spacial score (nSPS) is 18.7. The Morgan fingerprint density at radius 2 is 2.17 bits per heavy atom. The van der Waals surface area contributed by atoms with Crippen molar-refractivity contribution in [2.45, 2.75) is 71.5 Å². The van der Waals surface area contributed by atoms with E-state index in [1.165, 1.54) is 0 Å². The summed E-state index contributed by atoms with van der Waals surface area (Å²) in [7, 11) is 0. The van der Waals surface area contributed by atoms with Crippen LogP contribution in [0.2, 0.25) is 0 Å². The third-order valence-corrected chi connectivity index (χ3v) is 4.96. The SMILES string of the molecule is CC[C@H](C)C(=O)N1CCCn2nc(CCC(=O)NC3CC3)cc2C1. The number of hydrogen-bond acceptors (Lipinski definition) is 3. The van der Waals surface area contributed by atoms with E-state index in [-0.39, 0.29) is 17.7 Å². The number of fused-ring (bicyclic) bond motifs is 1. The molecule has 1 aromatic rings. The van der Waals surface area contributed by atoms with Gasteiger partial charge in [0.15, 0.2) is 0 Å². The summed E-state index contributed by atoms with van der Waals surface area (Å²) in [6.07, 6.45) is 5.18. The van der Waals surface area contributed by atoms with Crippen molar-refractivity contribution in [1.29, 1.82) is 0 Å². The molecule has 0 spiro atoms. The molecule has 1 aliphatic carbocycles. The molecular formula is C18H28N4O2. The number of rotatable bonds is 6. The molecular weight excluding hydrogens is 304 g/mol. The molecule has 132 valence electrons. The summed E-state index contributed by atoms with van der Waals surface area (Å²) in [6, 6.07) is 2.48. The molecule has 0 bridgehead atoms. The van der Waals surface area contributed by atoms with Crippen LogP contribution in [0.4, 0.5) is 0 Å². The highest BCUT2D eigenvalue weighted by atomic mass is 16.2. The van der Waals surface area contributed by atoms with E-state index in [0.29, 0.717) is 25.4 Å². The van der Waals surface area contributed by atoms with Gasteiger partial charge in [-0.05, 0) is 31.7 Å². The van der Waals surface area contributed by atoms with Crippen LogP contribution in [-0.2, 0) is 29.1 Å². The highest BCUT2D eigenvalue weighted by Crippen LogP contribution is 2.20. The molecule has 0 aromatic carbocycles. The average Bonchev–Trinajstić information content (AvgIpc) is 3.34. The first kappa shape index (κ1) is 17.0. The van der Waals surface area contributed by atoms with Crippen LogP contribution in [0.1, 0.15) is 57.3 Å². The summed E-state index contributed by atoms with van der Waals surface area (Å²) in [5.41, 5.74) is 2.04. The van der Waals surface area contributed by atoms with E-state index < -0.39 is 0 Å². The Morgan fingerprint density at radius 1 is 1.38 bits per heavy atom. The molecule has 1 saturated carbocycles. The van der Waals surface area contributed by atoms with Crippen molar-refractivity contribution in [2.24, 2.45) is 5.92 Å². The second-order valence-corrected chi connectivity index (χ2v) is 7.11. The van der Waals surface area contributed by atoms with Gasteiger partial charge in [-0.1, -0.05) is 13.8 Å². The predicted octanol–water partition coefficient (Wildman–Crippen LogP) is 1.87. The fraction of sp³-hybridized carbons (Fsp3) is 0.722. The Labute approximate surface area is 143 Å². The van der Waals surface area contributed by atoms with Gasteiger partial charge in [0.05, 0.1) is 17.9 Å². The lowest BCUT2D eigenvalue weighted by Gasteiger charge is -2.23. The second kappa shape index (κ2) is 7.36. The fourth-order valence-corrected chi connectivity index (χ4v) is 3.09. The van der Waals surface area contributed by atoms with Gasteiger partial charge in [-0.2, -0.15) is 5.10 Å². The van der Waals surface area contributed by atoms with E-state index in [4.69, 9.17) is 0 Å². The van der Waals surface area contributed by atoms with Crippen molar-refractivity contribution < 1.29 is 9.59 Å². The third kappa shape index (κ3) is 4.16. The number of nitrogens with one attached hydrogen (secondary N) is 1.